The van der Waals surface area contributed by atoms with Crippen LogP contribution in [0, 0.1) is 13.8 Å². The third-order valence-electron chi connectivity index (χ3n) is 3.11. The summed E-state index contributed by atoms with van der Waals surface area (Å²) < 4.78 is 0. The second-order valence-electron chi connectivity index (χ2n) is 4.60. The van der Waals surface area contributed by atoms with Crippen molar-refractivity contribution in [1.29, 1.82) is 0 Å². The Hall–Kier alpha value is -2.04. The van der Waals surface area contributed by atoms with E-state index < -0.39 is 6.04 Å². The number of nitrogens with one attached hydrogen (secondary N) is 2. The van der Waals surface area contributed by atoms with Crippen LogP contribution in [-0.2, 0) is 9.59 Å². The van der Waals surface area contributed by atoms with Crippen LogP contribution in [0.5, 0.6) is 5.75 Å². The number of anilines is 1. The van der Waals surface area contributed by atoms with Gasteiger partial charge in [0.25, 0.3) is 0 Å². The molecule has 1 fully saturated rings. The molecule has 1 aromatic carbocycles. The fourth-order valence-corrected chi connectivity index (χ4v) is 1.97. The molecule has 96 valence electrons. The van der Waals surface area contributed by atoms with Gasteiger partial charge in [0.05, 0.1) is 0 Å². The average molecular weight is 248 g/mol. The van der Waals surface area contributed by atoms with E-state index in [1.165, 1.54) is 0 Å². The van der Waals surface area contributed by atoms with E-state index in [-0.39, 0.29) is 17.6 Å². The van der Waals surface area contributed by atoms with E-state index in [1.54, 1.807) is 19.1 Å². The first-order valence-corrected chi connectivity index (χ1v) is 5.88. The van der Waals surface area contributed by atoms with Crippen LogP contribution in [0.4, 0.5) is 5.69 Å². The third kappa shape index (κ3) is 2.45. The van der Waals surface area contributed by atoms with Gasteiger partial charge in [0.2, 0.25) is 11.8 Å². The van der Waals surface area contributed by atoms with Crippen LogP contribution in [0.1, 0.15) is 24.0 Å². The lowest BCUT2D eigenvalue weighted by atomic mass is 10.1. The van der Waals surface area contributed by atoms with Crippen LogP contribution in [0.2, 0.25) is 0 Å². The van der Waals surface area contributed by atoms with E-state index in [0.29, 0.717) is 24.1 Å². The molecule has 18 heavy (non-hydrogen) atoms. The zero-order chi connectivity index (χ0) is 13.3. The smallest absolute Gasteiger partial charge is 0.246 e. The van der Waals surface area contributed by atoms with E-state index in [2.05, 4.69) is 10.6 Å². The number of benzene rings is 1. The van der Waals surface area contributed by atoms with Crippen molar-refractivity contribution < 1.29 is 14.7 Å². The summed E-state index contributed by atoms with van der Waals surface area (Å²) in [6.07, 6.45) is 0.923. The summed E-state index contributed by atoms with van der Waals surface area (Å²) in [5, 5.41) is 14.9. The van der Waals surface area contributed by atoms with Crippen LogP contribution in [0.3, 0.4) is 0 Å². The standard InChI is InChI=1S/C13H16N2O3/c1-7-6-11(16)8(2)5-10(7)15-13(18)9-3-4-12(17)14-9/h5-6,9,16H,3-4H2,1-2H3,(H,14,17)(H,15,18)/t9-/m0/s1. The fraction of sp³-hybridized carbons (Fsp3) is 0.385. The molecule has 2 amide bonds. The number of hydrogen-bond donors (Lipinski definition) is 3. The number of carbonyl (C=O) groups excluding carboxylic acids is 2. The van der Waals surface area contributed by atoms with Gasteiger partial charge >= 0.3 is 0 Å². The molecule has 0 radical (unpaired) electrons. The van der Waals surface area contributed by atoms with Crippen LogP contribution in [0.25, 0.3) is 0 Å². The maximum atomic E-state index is 11.9. The molecule has 0 aliphatic carbocycles. The van der Waals surface area contributed by atoms with Crippen molar-refractivity contribution in [3.8, 4) is 5.75 Å². The molecule has 0 spiro atoms. The van der Waals surface area contributed by atoms with Crippen molar-refractivity contribution in [2.75, 3.05) is 5.32 Å². The van der Waals surface area contributed by atoms with Crippen LogP contribution in [0.15, 0.2) is 12.1 Å². The zero-order valence-corrected chi connectivity index (χ0v) is 10.4. The first-order chi connectivity index (χ1) is 8.47. The summed E-state index contributed by atoms with van der Waals surface area (Å²) in [6.45, 7) is 3.57. The van der Waals surface area contributed by atoms with Crippen molar-refractivity contribution in [3.63, 3.8) is 0 Å². The number of aromatic hydroxyl groups is 1. The van der Waals surface area contributed by atoms with E-state index in [1.807, 2.05) is 6.92 Å². The van der Waals surface area contributed by atoms with Gasteiger partial charge in [-0.2, -0.15) is 0 Å². The predicted octanol–water partition coefficient (Wildman–Crippen LogP) is 1.23. The molecule has 1 atom stereocenters. The Balaban J connectivity index is 2.12. The van der Waals surface area contributed by atoms with Gasteiger partial charge < -0.3 is 15.7 Å². The molecule has 3 N–H and O–H groups in total. The number of aryl methyl sites for hydroxylation is 2. The molecular weight excluding hydrogens is 232 g/mol. The summed E-state index contributed by atoms with van der Waals surface area (Å²) >= 11 is 0. The minimum Gasteiger partial charge on any atom is -0.508 e. The summed E-state index contributed by atoms with van der Waals surface area (Å²) in [5.74, 6) is -0.0949. The number of amides is 2. The second kappa shape index (κ2) is 4.68. The summed E-state index contributed by atoms with van der Waals surface area (Å²) in [7, 11) is 0. The van der Waals surface area contributed by atoms with Crippen molar-refractivity contribution in [2.24, 2.45) is 0 Å². The third-order valence-corrected chi connectivity index (χ3v) is 3.11. The van der Waals surface area contributed by atoms with E-state index >= 15 is 0 Å². The van der Waals surface area contributed by atoms with Gasteiger partial charge in [0, 0.05) is 12.1 Å². The second-order valence-corrected chi connectivity index (χ2v) is 4.60. The van der Waals surface area contributed by atoms with Crippen LogP contribution >= 0.6 is 0 Å². The van der Waals surface area contributed by atoms with Crippen molar-refractivity contribution in [2.45, 2.75) is 32.7 Å². The predicted molar refractivity (Wildman–Crippen MR) is 67.4 cm³/mol. The quantitative estimate of drug-likeness (QED) is 0.689. The van der Waals surface area contributed by atoms with Crippen molar-refractivity contribution in [3.05, 3.63) is 23.3 Å². The van der Waals surface area contributed by atoms with Gasteiger partial charge in [0.1, 0.15) is 11.8 Å². The maximum Gasteiger partial charge on any atom is 0.246 e. The summed E-state index contributed by atoms with van der Waals surface area (Å²) in [4.78, 5) is 23.0. The summed E-state index contributed by atoms with van der Waals surface area (Å²) in [5.41, 5.74) is 2.15. The molecular formula is C13H16N2O3. The first kappa shape index (κ1) is 12.4. The molecule has 0 saturated carbocycles. The lowest BCUT2D eigenvalue weighted by Gasteiger charge is -2.14. The Bertz CT molecular complexity index is 511. The highest BCUT2D eigenvalue weighted by Crippen LogP contribution is 2.25. The number of hydrogen-bond acceptors (Lipinski definition) is 3. The van der Waals surface area contributed by atoms with Crippen LogP contribution < -0.4 is 10.6 Å². The molecule has 5 heteroatoms. The van der Waals surface area contributed by atoms with Gasteiger partial charge in [-0.25, -0.2) is 0 Å². The number of carbonyl (C=O) groups is 2. The monoisotopic (exact) mass is 248 g/mol. The number of phenolic OH excluding ortho intramolecular Hbond substituents is 1. The highest BCUT2D eigenvalue weighted by molar-refractivity contribution is 5.99. The largest absolute Gasteiger partial charge is 0.508 e. The minimum atomic E-state index is -0.453. The maximum absolute atomic E-state index is 11.9. The Morgan fingerprint density at radius 1 is 1.39 bits per heavy atom. The van der Waals surface area contributed by atoms with Gasteiger partial charge in [-0.3, -0.25) is 9.59 Å². The van der Waals surface area contributed by atoms with Gasteiger partial charge in [-0.1, -0.05) is 0 Å². The molecule has 0 unspecified atom stereocenters. The summed E-state index contributed by atoms with van der Waals surface area (Å²) in [6, 6.07) is 2.88. The SMILES string of the molecule is Cc1cc(NC(=O)[C@@H]2CCC(=O)N2)c(C)cc1O. The van der Waals surface area contributed by atoms with Gasteiger partial charge in [0.15, 0.2) is 0 Å². The highest BCUT2D eigenvalue weighted by Gasteiger charge is 2.27. The highest BCUT2D eigenvalue weighted by atomic mass is 16.3. The molecule has 2 rings (SSSR count). The molecule has 1 heterocycles. The van der Waals surface area contributed by atoms with Gasteiger partial charge in [-0.15, -0.1) is 0 Å². The van der Waals surface area contributed by atoms with Crippen molar-refractivity contribution >= 4 is 17.5 Å². The molecule has 0 aromatic heterocycles. The molecule has 1 saturated heterocycles. The Morgan fingerprint density at radius 3 is 2.72 bits per heavy atom. The minimum absolute atomic E-state index is 0.0891. The average Bonchev–Trinajstić information content (AvgIpc) is 2.73. The Labute approximate surface area is 105 Å². The Morgan fingerprint density at radius 2 is 2.11 bits per heavy atom. The topological polar surface area (TPSA) is 78.4 Å². The molecule has 5 nitrogen and oxygen atoms in total. The normalized spacial score (nSPS) is 18.6. The lowest BCUT2D eigenvalue weighted by molar-refractivity contribution is -0.122. The molecule has 1 aromatic rings. The lowest BCUT2D eigenvalue weighted by Crippen LogP contribution is -2.37. The number of phenols is 1. The number of rotatable bonds is 2. The van der Waals surface area contributed by atoms with E-state index in [0.717, 1.165) is 5.56 Å². The van der Waals surface area contributed by atoms with Crippen molar-refractivity contribution in [1.82, 2.24) is 5.32 Å². The Kier molecular flexibility index (Phi) is 3.23. The molecule has 0 bridgehead atoms. The first-order valence-electron chi connectivity index (χ1n) is 5.88. The molecule has 1 aliphatic heterocycles. The van der Waals surface area contributed by atoms with E-state index in [9.17, 15) is 14.7 Å². The fourth-order valence-electron chi connectivity index (χ4n) is 1.97. The van der Waals surface area contributed by atoms with Crippen LogP contribution in [-0.4, -0.2) is 23.0 Å². The molecule has 1 aliphatic rings. The van der Waals surface area contributed by atoms with E-state index in [4.69, 9.17) is 0 Å². The van der Waals surface area contributed by atoms with Gasteiger partial charge in [-0.05, 0) is 43.5 Å². The zero-order valence-electron chi connectivity index (χ0n) is 10.4.